The fourth-order valence-electron chi connectivity index (χ4n) is 2.77. The Balaban J connectivity index is 1.81. The summed E-state index contributed by atoms with van der Waals surface area (Å²) < 4.78 is 28.6. The first-order valence-corrected chi connectivity index (χ1v) is 9.90. The van der Waals surface area contributed by atoms with E-state index in [0.29, 0.717) is 24.6 Å². The molecule has 0 aromatic rings. The summed E-state index contributed by atoms with van der Waals surface area (Å²) in [6.45, 7) is 6.11. The van der Waals surface area contributed by atoms with Gasteiger partial charge in [-0.15, -0.1) is 0 Å². The highest BCUT2D eigenvalue weighted by Crippen LogP contribution is 2.32. The maximum absolute atomic E-state index is 11.9. The summed E-state index contributed by atoms with van der Waals surface area (Å²) in [5.41, 5.74) is -0.511. The molecule has 1 aliphatic carbocycles. The standard InChI is InChI=1S/C15H28N2O4S/c1-15(2,3)21-14(18)17-13(11-6-7-11)9-16-12-5-4-8-22(19,20)10-12/h11-13,16H,4-10H2,1-3H3,(H,17,18). The molecule has 0 spiro atoms. The zero-order chi connectivity index (χ0) is 16.4. The third-order valence-corrected chi connectivity index (χ3v) is 5.80. The van der Waals surface area contributed by atoms with E-state index in [1.807, 2.05) is 20.8 Å². The number of carbonyl (C=O) groups excluding carboxylic acids is 1. The largest absolute Gasteiger partial charge is 0.444 e. The number of carbonyl (C=O) groups is 1. The first-order valence-electron chi connectivity index (χ1n) is 8.08. The van der Waals surface area contributed by atoms with Gasteiger partial charge in [0.05, 0.1) is 11.5 Å². The van der Waals surface area contributed by atoms with Gasteiger partial charge in [-0.1, -0.05) is 0 Å². The van der Waals surface area contributed by atoms with Crippen molar-refractivity contribution in [3.8, 4) is 0 Å². The van der Waals surface area contributed by atoms with Gasteiger partial charge in [0.25, 0.3) is 0 Å². The van der Waals surface area contributed by atoms with Crippen molar-refractivity contribution in [2.75, 3.05) is 18.1 Å². The summed E-state index contributed by atoms with van der Waals surface area (Å²) in [6.07, 6.45) is 3.40. The summed E-state index contributed by atoms with van der Waals surface area (Å²) >= 11 is 0. The molecule has 0 bridgehead atoms. The molecule has 1 heterocycles. The Hall–Kier alpha value is -0.820. The molecule has 2 atom stereocenters. The van der Waals surface area contributed by atoms with E-state index in [-0.39, 0.29) is 17.8 Å². The van der Waals surface area contributed by atoms with E-state index in [4.69, 9.17) is 4.74 Å². The lowest BCUT2D eigenvalue weighted by Crippen LogP contribution is -2.49. The van der Waals surface area contributed by atoms with Crippen molar-refractivity contribution in [2.45, 2.75) is 64.1 Å². The molecule has 2 fully saturated rings. The molecule has 6 nitrogen and oxygen atoms in total. The van der Waals surface area contributed by atoms with Gasteiger partial charge in [0.15, 0.2) is 9.84 Å². The second-order valence-corrected chi connectivity index (χ2v) is 9.68. The number of ether oxygens (including phenoxy) is 1. The molecule has 1 saturated carbocycles. The highest BCUT2D eigenvalue weighted by atomic mass is 32.2. The maximum Gasteiger partial charge on any atom is 0.407 e. The SMILES string of the molecule is CC(C)(C)OC(=O)NC(CNC1CCCS(=O)(=O)C1)C1CC1. The number of rotatable bonds is 5. The van der Waals surface area contributed by atoms with Crippen LogP contribution in [0.25, 0.3) is 0 Å². The first kappa shape index (κ1) is 17.5. The second-order valence-electron chi connectivity index (χ2n) is 7.45. The van der Waals surface area contributed by atoms with Crippen LogP contribution >= 0.6 is 0 Å². The lowest BCUT2D eigenvalue weighted by molar-refractivity contribution is 0.0496. The minimum atomic E-state index is -2.91. The quantitative estimate of drug-likeness (QED) is 0.796. The summed E-state index contributed by atoms with van der Waals surface area (Å²) in [6, 6.07) is 0.0138. The van der Waals surface area contributed by atoms with E-state index >= 15 is 0 Å². The van der Waals surface area contributed by atoms with Crippen molar-refractivity contribution < 1.29 is 17.9 Å². The normalized spacial score (nSPS) is 26.2. The van der Waals surface area contributed by atoms with Crippen LogP contribution in [0.2, 0.25) is 0 Å². The van der Waals surface area contributed by atoms with E-state index in [0.717, 1.165) is 19.3 Å². The lowest BCUT2D eigenvalue weighted by Gasteiger charge is -2.27. The van der Waals surface area contributed by atoms with Crippen LogP contribution in [-0.2, 0) is 14.6 Å². The number of hydrogen-bond donors (Lipinski definition) is 2. The molecular weight excluding hydrogens is 304 g/mol. The molecular formula is C15H28N2O4S. The Morgan fingerprint density at radius 3 is 2.50 bits per heavy atom. The third-order valence-electron chi connectivity index (χ3n) is 3.98. The average molecular weight is 332 g/mol. The minimum absolute atomic E-state index is 0.000404. The Kier molecular flexibility index (Phi) is 5.37. The van der Waals surface area contributed by atoms with Gasteiger partial charge in [-0.3, -0.25) is 0 Å². The molecule has 0 aromatic heterocycles. The molecule has 128 valence electrons. The number of sulfone groups is 1. The predicted octanol–water partition coefficient (Wildman–Crippen LogP) is 1.46. The van der Waals surface area contributed by atoms with Gasteiger partial charge in [0, 0.05) is 18.6 Å². The molecule has 22 heavy (non-hydrogen) atoms. The van der Waals surface area contributed by atoms with E-state index in [1.54, 1.807) is 0 Å². The average Bonchev–Trinajstić information content (AvgIpc) is 3.15. The molecule has 2 unspecified atom stereocenters. The van der Waals surface area contributed by atoms with Gasteiger partial charge in [-0.05, 0) is 52.4 Å². The molecule has 2 N–H and O–H groups in total. The summed E-state index contributed by atoms with van der Waals surface area (Å²) in [7, 11) is -2.91. The zero-order valence-corrected chi connectivity index (χ0v) is 14.5. The van der Waals surface area contributed by atoms with E-state index in [9.17, 15) is 13.2 Å². The summed E-state index contributed by atoms with van der Waals surface area (Å²) in [5, 5.41) is 6.24. The Bertz CT molecular complexity index is 494. The molecule has 0 radical (unpaired) electrons. The van der Waals surface area contributed by atoms with Crippen LogP contribution in [0, 0.1) is 5.92 Å². The highest BCUT2D eigenvalue weighted by Gasteiger charge is 2.34. The van der Waals surface area contributed by atoms with Crippen molar-refractivity contribution in [3.05, 3.63) is 0 Å². The minimum Gasteiger partial charge on any atom is -0.444 e. The monoisotopic (exact) mass is 332 g/mol. The molecule has 1 amide bonds. The van der Waals surface area contributed by atoms with Gasteiger partial charge in [-0.25, -0.2) is 13.2 Å². The van der Waals surface area contributed by atoms with E-state index < -0.39 is 21.5 Å². The van der Waals surface area contributed by atoms with Crippen molar-refractivity contribution in [3.63, 3.8) is 0 Å². The number of hydrogen-bond acceptors (Lipinski definition) is 5. The van der Waals surface area contributed by atoms with Crippen molar-refractivity contribution >= 4 is 15.9 Å². The van der Waals surface area contributed by atoms with Crippen LogP contribution in [0.15, 0.2) is 0 Å². The number of amides is 1. The molecule has 1 saturated heterocycles. The predicted molar refractivity (Wildman–Crippen MR) is 85.6 cm³/mol. The van der Waals surface area contributed by atoms with E-state index in [2.05, 4.69) is 10.6 Å². The molecule has 7 heteroatoms. The Labute approximate surface area is 133 Å². The van der Waals surface area contributed by atoms with Gasteiger partial charge in [0.2, 0.25) is 0 Å². The fraction of sp³-hybridized carbons (Fsp3) is 0.933. The molecule has 2 aliphatic rings. The first-order chi connectivity index (χ1) is 10.1. The molecule has 0 aromatic carbocycles. The van der Waals surface area contributed by atoms with Crippen molar-refractivity contribution in [1.82, 2.24) is 10.6 Å². The number of alkyl carbamates (subject to hydrolysis) is 1. The maximum atomic E-state index is 11.9. The third kappa shape index (κ3) is 6.12. The van der Waals surface area contributed by atoms with Crippen LogP contribution in [0.1, 0.15) is 46.5 Å². The van der Waals surface area contributed by atoms with Gasteiger partial charge < -0.3 is 15.4 Å². The van der Waals surface area contributed by atoms with Crippen LogP contribution < -0.4 is 10.6 Å². The smallest absolute Gasteiger partial charge is 0.407 e. The summed E-state index contributed by atoms with van der Waals surface area (Å²) in [5.74, 6) is 0.977. The van der Waals surface area contributed by atoms with Crippen LogP contribution in [-0.4, -0.2) is 50.2 Å². The van der Waals surface area contributed by atoms with Crippen molar-refractivity contribution in [1.29, 1.82) is 0 Å². The van der Waals surface area contributed by atoms with Gasteiger partial charge >= 0.3 is 6.09 Å². The number of nitrogens with one attached hydrogen (secondary N) is 2. The molecule has 1 aliphatic heterocycles. The topological polar surface area (TPSA) is 84.5 Å². The molecule has 2 rings (SSSR count). The van der Waals surface area contributed by atoms with Gasteiger partial charge in [0.1, 0.15) is 5.60 Å². The summed E-state index contributed by atoms with van der Waals surface area (Å²) in [4.78, 5) is 11.9. The highest BCUT2D eigenvalue weighted by molar-refractivity contribution is 7.91. The van der Waals surface area contributed by atoms with Gasteiger partial charge in [-0.2, -0.15) is 0 Å². The lowest BCUT2D eigenvalue weighted by atomic mass is 10.1. The Morgan fingerprint density at radius 2 is 1.95 bits per heavy atom. The van der Waals surface area contributed by atoms with Crippen LogP contribution in [0.4, 0.5) is 4.79 Å². The Morgan fingerprint density at radius 1 is 1.27 bits per heavy atom. The zero-order valence-electron chi connectivity index (χ0n) is 13.7. The van der Waals surface area contributed by atoms with Crippen molar-refractivity contribution in [2.24, 2.45) is 5.92 Å². The van der Waals surface area contributed by atoms with Crippen LogP contribution in [0.3, 0.4) is 0 Å². The van der Waals surface area contributed by atoms with Crippen LogP contribution in [0.5, 0.6) is 0 Å². The fourth-order valence-corrected chi connectivity index (χ4v) is 4.44. The van der Waals surface area contributed by atoms with E-state index in [1.165, 1.54) is 0 Å². The second kappa shape index (κ2) is 6.74.